The van der Waals surface area contributed by atoms with Crippen molar-refractivity contribution in [2.75, 3.05) is 11.4 Å². The van der Waals surface area contributed by atoms with Gasteiger partial charge in [0.25, 0.3) is 5.91 Å². The van der Waals surface area contributed by atoms with E-state index in [9.17, 15) is 18.0 Å². The summed E-state index contributed by atoms with van der Waals surface area (Å²) < 4.78 is 73.5. The summed E-state index contributed by atoms with van der Waals surface area (Å²) in [5.41, 5.74) is 0.971. The molecule has 0 aliphatic carbocycles. The van der Waals surface area contributed by atoms with E-state index in [0.29, 0.717) is 22.2 Å². The van der Waals surface area contributed by atoms with Crippen LogP contribution in [0.4, 0.5) is 18.9 Å². The van der Waals surface area contributed by atoms with Gasteiger partial charge in [-0.1, -0.05) is 0 Å². The Bertz CT molecular complexity index is 1550. The number of nitrogens with zero attached hydrogens (tertiary/aromatic N) is 5. The summed E-state index contributed by atoms with van der Waals surface area (Å²) in [6.45, 7) is -2.19. The van der Waals surface area contributed by atoms with E-state index in [1.54, 1.807) is 26.0 Å². The van der Waals surface area contributed by atoms with Crippen LogP contribution in [0.15, 0.2) is 48.8 Å². The van der Waals surface area contributed by atoms with E-state index in [4.69, 9.17) is 5.48 Å². The third-order valence-electron chi connectivity index (χ3n) is 5.23. The molecule has 5 rings (SSSR count). The van der Waals surface area contributed by atoms with E-state index in [-0.39, 0.29) is 22.6 Å². The molecule has 162 valence electrons. The Morgan fingerprint density at radius 3 is 2.59 bits per heavy atom. The highest BCUT2D eigenvalue weighted by Crippen LogP contribution is 2.32. The third-order valence-corrected chi connectivity index (χ3v) is 5.23. The van der Waals surface area contributed by atoms with Gasteiger partial charge in [-0.05, 0) is 55.8 Å². The molecule has 2 aromatic carbocycles. The number of carbonyl (C=O) groups excluding carboxylic acids is 1. The Kier molecular flexibility index (Phi) is 3.57. The highest BCUT2D eigenvalue weighted by molar-refractivity contribution is 6.07. The monoisotopic (exact) mass is 441 g/mol. The summed E-state index contributed by atoms with van der Waals surface area (Å²) in [6.07, 6.45) is -1.88. The van der Waals surface area contributed by atoms with Gasteiger partial charge in [0, 0.05) is 34.9 Å². The zero-order valence-electron chi connectivity index (χ0n) is 20.9. The zero-order chi connectivity index (χ0) is 26.2. The van der Waals surface area contributed by atoms with Gasteiger partial charge in [0.1, 0.15) is 5.69 Å². The number of carbonyl (C=O) groups is 1. The van der Waals surface area contributed by atoms with Crippen molar-refractivity contribution in [2.45, 2.75) is 26.5 Å². The number of hydrogen-bond acceptors (Lipinski definition) is 4. The Morgan fingerprint density at radius 2 is 1.84 bits per heavy atom. The molecule has 0 saturated heterocycles. The normalized spacial score (nSPS) is 19.2. The molecule has 32 heavy (non-hydrogen) atoms. The minimum atomic E-state index is -4.48. The van der Waals surface area contributed by atoms with Gasteiger partial charge in [-0.2, -0.15) is 18.3 Å². The van der Waals surface area contributed by atoms with Crippen molar-refractivity contribution in [2.24, 2.45) is 0 Å². The maximum atomic E-state index is 13.3. The Hall–Kier alpha value is -3.75. The SMILES string of the molecule is [2H]C1([2H])N(c2ccc(-c3ncc4cc(C(F)(F)F)ccc4n3)cc2C)C(=O)c2c(C)cnn2C1([2H])[2H]. The molecular weight excluding hydrogens is 419 g/mol. The van der Waals surface area contributed by atoms with Crippen LogP contribution in [0.2, 0.25) is 0 Å². The quantitative estimate of drug-likeness (QED) is 0.449. The smallest absolute Gasteiger partial charge is 0.305 e. The molecule has 0 bridgehead atoms. The minimum Gasteiger partial charge on any atom is -0.305 e. The first-order valence-electron chi connectivity index (χ1n) is 11.6. The molecule has 0 spiro atoms. The van der Waals surface area contributed by atoms with E-state index in [0.717, 1.165) is 21.7 Å². The van der Waals surface area contributed by atoms with Gasteiger partial charge in [-0.25, -0.2) is 9.97 Å². The first-order chi connectivity index (χ1) is 16.7. The number of hydrogen-bond donors (Lipinski definition) is 0. The summed E-state index contributed by atoms with van der Waals surface area (Å²) in [5, 5.41) is 4.10. The average Bonchev–Trinajstić information content (AvgIpc) is 3.20. The number of benzene rings is 2. The lowest BCUT2D eigenvalue weighted by Gasteiger charge is -2.29. The van der Waals surface area contributed by atoms with Crippen LogP contribution in [0, 0.1) is 13.8 Å². The number of fused-ring (bicyclic) bond motifs is 2. The fourth-order valence-corrected chi connectivity index (χ4v) is 3.59. The van der Waals surface area contributed by atoms with Crippen molar-refractivity contribution in [1.29, 1.82) is 0 Å². The molecule has 0 radical (unpaired) electrons. The number of halogens is 3. The van der Waals surface area contributed by atoms with Crippen molar-refractivity contribution in [1.82, 2.24) is 19.7 Å². The van der Waals surface area contributed by atoms with Crippen LogP contribution < -0.4 is 4.90 Å². The van der Waals surface area contributed by atoms with Gasteiger partial charge in [0.05, 0.1) is 29.3 Å². The van der Waals surface area contributed by atoms with Gasteiger partial charge in [0.15, 0.2) is 5.82 Å². The first kappa shape index (κ1) is 16.0. The van der Waals surface area contributed by atoms with Crippen molar-refractivity contribution in [3.63, 3.8) is 0 Å². The lowest BCUT2D eigenvalue weighted by atomic mass is 10.1. The number of aromatic nitrogens is 4. The van der Waals surface area contributed by atoms with E-state index in [1.165, 1.54) is 24.5 Å². The Labute approximate surface area is 186 Å². The Balaban J connectivity index is 1.56. The summed E-state index contributed by atoms with van der Waals surface area (Å²) in [7, 11) is 0. The molecule has 1 aliphatic rings. The van der Waals surface area contributed by atoms with E-state index in [2.05, 4.69) is 15.1 Å². The van der Waals surface area contributed by atoms with Gasteiger partial charge in [-0.3, -0.25) is 9.48 Å². The highest BCUT2D eigenvalue weighted by atomic mass is 19.4. The van der Waals surface area contributed by atoms with Crippen LogP contribution in [-0.4, -0.2) is 32.2 Å². The molecule has 9 heteroatoms. The van der Waals surface area contributed by atoms with Crippen LogP contribution in [0.25, 0.3) is 22.3 Å². The number of anilines is 1. The van der Waals surface area contributed by atoms with Crippen LogP contribution >= 0.6 is 0 Å². The van der Waals surface area contributed by atoms with Crippen molar-refractivity contribution < 1.29 is 23.4 Å². The van der Waals surface area contributed by atoms with Gasteiger partial charge in [-0.15, -0.1) is 0 Å². The Morgan fingerprint density at radius 1 is 1.03 bits per heavy atom. The highest BCUT2D eigenvalue weighted by Gasteiger charge is 2.31. The van der Waals surface area contributed by atoms with Crippen molar-refractivity contribution in [3.05, 3.63) is 71.2 Å². The van der Waals surface area contributed by atoms with E-state index >= 15 is 0 Å². The van der Waals surface area contributed by atoms with Crippen LogP contribution in [0.3, 0.4) is 0 Å². The maximum Gasteiger partial charge on any atom is 0.416 e. The van der Waals surface area contributed by atoms with Crippen LogP contribution in [0.5, 0.6) is 0 Å². The van der Waals surface area contributed by atoms with Crippen molar-refractivity contribution in [3.8, 4) is 11.4 Å². The second-order valence-electron chi connectivity index (χ2n) is 7.42. The number of amides is 1. The number of alkyl halides is 3. The summed E-state index contributed by atoms with van der Waals surface area (Å²) in [5.74, 6) is -0.502. The number of rotatable bonds is 2. The molecular formula is C23H18F3N5O. The largest absolute Gasteiger partial charge is 0.416 e. The molecule has 4 aromatic rings. The van der Waals surface area contributed by atoms with Crippen LogP contribution in [0.1, 0.15) is 32.7 Å². The molecule has 0 N–H and O–H groups in total. The van der Waals surface area contributed by atoms with Gasteiger partial charge < -0.3 is 4.90 Å². The molecule has 0 atom stereocenters. The molecule has 3 heterocycles. The topological polar surface area (TPSA) is 63.9 Å². The molecule has 6 nitrogen and oxygen atoms in total. The molecule has 0 saturated carbocycles. The fraction of sp³-hybridized carbons (Fsp3) is 0.217. The summed E-state index contributed by atoms with van der Waals surface area (Å²) in [4.78, 5) is 22.6. The lowest BCUT2D eigenvalue weighted by molar-refractivity contribution is -0.137. The van der Waals surface area contributed by atoms with E-state index in [1.807, 2.05) is 0 Å². The van der Waals surface area contributed by atoms with Crippen molar-refractivity contribution >= 4 is 22.5 Å². The molecule has 2 aromatic heterocycles. The first-order valence-corrected chi connectivity index (χ1v) is 9.58. The number of aryl methyl sites for hydroxylation is 3. The third kappa shape index (κ3) is 3.30. The minimum absolute atomic E-state index is 0.0466. The predicted octanol–water partition coefficient (Wildman–Crippen LogP) is 4.79. The average molecular weight is 441 g/mol. The zero-order valence-corrected chi connectivity index (χ0v) is 16.9. The van der Waals surface area contributed by atoms with E-state index < -0.39 is 30.6 Å². The summed E-state index contributed by atoms with van der Waals surface area (Å²) in [6, 6.07) is 7.80. The summed E-state index contributed by atoms with van der Waals surface area (Å²) >= 11 is 0. The fourth-order valence-electron chi connectivity index (χ4n) is 3.59. The van der Waals surface area contributed by atoms with Gasteiger partial charge in [0.2, 0.25) is 0 Å². The molecule has 0 unspecified atom stereocenters. The maximum absolute atomic E-state index is 13.3. The predicted molar refractivity (Wildman–Crippen MR) is 113 cm³/mol. The molecule has 0 fully saturated rings. The lowest BCUT2D eigenvalue weighted by Crippen LogP contribution is -2.41. The molecule has 1 amide bonds. The van der Waals surface area contributed by atoms with Gasteiger partial charge >= 0.3 is 6.18 Å². The standard InChI is InChI=1S/C23H18F3N5O/c1-13-9-15(21-27-12-16-10-17(23(24,25)26)4-5-18(16)29-21)3-6-19(13)30-7-8-31-20(22(30)32)14(2)11-28-31/h3-6,9-12H,7-8H2,1-2H3/i7D2,8D2. The molecule has 1 aliphatic heterocycles. The van der Waals surface area contributed by atoms with Crippen LogP contribution in [-0.2, 0) is 12.7 Å². The second kappa shape index (κ2) is 7.15. The second-order valence-corrected chi connectivity index (χ2v) is 7.42.